The Morgan fingerprint density at radius 1 is 1.15 bits per heavy atom. The lowest BCUT2D eigenvalue weighted by molar-refractivity contribution is 0.00578. The van der Waals surface area contributed by atoms with Gasteiger partial charge in [-0.15, -0.1) is 0 Å². The van der Waals surface area contributed by atoms with E-state index in [1.165, 1.54) is 24.7 Å². The van der Waals surface area contributed by atoms with Gasteiger partial charge in [0, 0.05) is 23.5 Å². The Balaban J connectivity index is 1.74. The molecule has 2 aromatic rings. The first kappa shape index (κ1) is 19.2. The van der Waals surface area contributed by atoms with E-state index in [1.54, 1.807) is 24.3 Å². The molecule has 140 valence electrons. The third-order valence-electron chi connectivity index (χ3n) is 4.86. The molecule has 8 heteroatoms. The molecular formula is C19H21BFN3O3. The van der Waals surface area contributed by atoms with Crippen LogP contribution in [0, 0.1) is 5.82 Å². The standard InChI is InChI=1S/C19H21BFN3O3/c1-18(2)19(3,4)27-20(26-18)15-5-6-16(21)14(11-15)12-23-24-17(25)13-7-9-22-10-8-13/h5-12H,1-4H3,(H,24,25)/b23-12+. The molecule has 1 aliphatic heterocycles. The highest BCUT2D eigenvalue weighted by Gasteiger charge is 2.51. The Kier molecular flexibility index (Phi) is 5.12. The first-order valence-electron chi connectivity index (χ1n) is 8.58. The predicted octanol–water partition coefficient (Wildman–Crippen LogP) is 2.28. The van der Waals surface area contributed by atoms with Gasteiger partial charge in [-0.1, -0.05) is 12.1 Å². The molecule has 1 aromatic heterocycles. The minimum atomic E-state index is -0.603. The second-order valence-electron chi connectivity index (χ2n) is 7.30. The number of amides is 1. The van der Waals surface area contributed by atoms with E-state index in [2.05, 4.69) is 15.5 Å². The summed E-state index contributed by atoms with van der Waals surface area (Å²) in [5.74, 6) is -0.867. The van der Waals surface area contributed by atoms with Crippen molar-refractivity contribution in [3.63, 3.8) is 0 Å². The summed E-state index contributed by atoms with van der Waals surface area (Å²) in [5.41, 5.74) is 2.70. The van der Waals surface area contributed by atoms with Crippen molar-refractivity contribution in [1.82, 2.24) is 10.4 Å². The molecule has 0 aliphatic carbocycles. The minimum Gasteiger partial charge on any atom is -0.399 e. The second-order valence-corrected chi connectivity index (χ2v) is 7.30. The van der Waals surface area contributed by atoms with E-state index in [9.17, 15) is 9.18 Å². The minimum absolute atomic E-state index is 0.220. The topological polar surface area (TPSA) is 72.8 Å². The Morgan fingerprint density at radius 2 is 1.78 bits per heavy atom. The zero-order valence-corrected chi connectivity index (χ0v) is 15.7. The van der Waals surface area contributed by atoms with Gasteiger partial charge in [-0.3, -0.25) is 9.78 Å². The number of carbonyl (C=O) groups excluding carboxylic acids is 1. The van der Waals surface area contributed by atoms with Crippen molar-refractivity contribution in [1.29, 1.82) is 0 Å². The fourth-order valence-corrected chi connectivity index (χ4v) is 2.52. The average Bonchev–Trinajstić information content (AvgIpc) is 2.85. The van der Waals surface area contributed by atoms with Crippen LogP contribution in [-0.4, -0.2) is 35.4 Å². The summed E-state index contributed by atoms with van der Waals surface area (Å²) in [6, 6.07) is 7.66. The maximum Gasteiger partial charge on any atom is 0.494 e. The summed E-state index contributed by atoms with van der Waals surface area (Å²) in [6.45, 7) is 7.81. The van der Waals surface area contributed by atoms with Crippen molar-refractivity contribution in [2.24, 2.45) is 5.10 Å². The summed E-state index contributed by atoms with van der Waals surface area (Å²) < 4.78 is 26.1. The average molecular weight is 369 g/mol. The monoisotopic (exact) mass is 369 g/mol. The molecule has 0 bridgehead atoms. The first-order valence-corrected chi connectivity index (χ1v) is 8.58. The van der Waals surface area contributed by atoms with Gasteiger partial charge in [0.05, 0.1) is 17.4 Å². The van der Waals surface area contributed by atoms with Gasteiger partial charge in [-0.25, -0.2) is 9.82 Å². The number of benzene rings is 1. The van der Waals surface area contributed by atoms with E-state index in [1.807, 2.05) is 27.7 Å². The highest BCUT2D eigenvalue weighted by Crippen LogP contribution is 2.36. The molecule has 6 nitrogen and oxygen atoms in total. The van der Waals surface area contributed by atoms with Gasteiger partial charge in [-0.05, 0) is 51.4 Å². The van der Waals surface area contributed by atoms with Crippen LogP contribution < -0.4 is 10.9 Å². The predicted molar refractivity (Wildman–Crippen MR) is 101 cm³/mol. The molecule has 1 aromatic carbocycles. The van der Waals surface area contributed by atoms with E-state index in [4.69, 9.17) is 9.31 Å². The van der Waals surface area contributed by atoms with Gasteiger partial charge < -0.3 is 9.31 Å². The number of hydrazone groups is 1. The number of carbonyl (C=O) groups is 1. The molecule has 0 unspecified atom stereocenters. The van der Waals surface area contributed by atoms with E-state index in [-0.39, 0.29) is 5.56 Å². The maximum absolute atomic E-state index is 14.1. The van der Waals surface area contributed by atoms with Crippen molar-refractivity contribution >= 4 is 24.7 Å². The van der Waals surface area contributed by atoms with Gasteiger partial charge >= 0.3 is 7.12 Å². The quantitative estimate of drug-likeness (QED) is 0.510. The van der Waals surface area contributed by atoms with Gasteiger partial charge in [0.1, 0.15) is 5.82 Å². The van der Waals surface area contributed by atoms with E-state index >= 15 is 0 Å². The summed E-state index contributed by atoms with van der Waals surface area (Å²) in [6.07, 6.45) is 4.27. The number of hydrogen-bond donors (Lipinski definition) is 1. The SMILES string of the molecule is CC1(C)OB(c2ccc(F)c(/C=N/NC(=O)c3ccncc3)c2)OC1(C)C. The van der Waals surface area contributed by atoms with Crippen LogP contribution in [0.1, 0.15) is 43.6 Å². The van der Waals surface area contributed by atoms with Crippen LogP contribution in [0.2, 0.25) is 0 Å². The molecule has 1 aliphatic rings. The number of nitrogens with one attached hydrogen (secondary N) is 1. The normalized spacial score (nSPS) is 18.0. The summed E-state index contributed by atoms with van der Waals surface area (Å²) >= 11 is 0. The highest BCUT2D eigenvalue weighted by atomic mass is 19.1. The molecular weight excluding hydrogens is 348 g/mol. The van der Waals surface area contributed by atoms with Crippen LogP contribution in [0.15, 0.2) is 47.8 Å². The van der Waals surface area contributed by atoms with Crippen molar-refractivity contribution in [3.8, 4) is 0 Å². The number of halogens is 1. The molecule has 1 fully saturated rings. The van der Waals surface area contributed by atoms with Gasteiger partial charge in [0.25, 0.3) is 5.91 Å². The zero-order valence-electron chi connectivity index (χ0n) is 15.7. The highest BCUT2D eigenvalue weighted by molar-refractivity contribution is 6.62. The van der Waals surface area contributed by atoms with E-state index < -0.39 is 30.0 Å². The third-order valence-corrected chi connectivity index (χ3v) is 4.86. The fourth-order valence-electron chi connectivity index (χ4n) is 2.52. The Labute approximate surface area is 157 Å². The van der Waals surface area contributed by atoms with Crippen molar-refractivity contribution in [3.05, 3.63) is 59.7 Å². The molecule has 2 heterocycles. The molecule has 0 radical (unpaired) electrons. The molecule has 27 heavy (non-hydrogen) atoms. The summed E-state index contributed by atoms with van der Waals surface area (Å²) in [5, 5.41) is 3.84. The van der Waals surface area contributed by atoms with Crippen LogP contribution in [-0.2, 0) is 9.31 Å². The Bertz CT molecular complexity index is 856. The number of hydrogen-bond acceptors (Lipinski definition) is 5. The lowest BCUT2D eigenvalue weighted by atomic mass is 9.78. The van der Waals surface area contributed by atoms with Crippen LogP contribution in [0.5, 0.6) is 0 Å². The zero-order chi connectivity index (χ0) is 19.7. The number of rotatable bonds is 4. The molecule has 0 spiro atoms. The summed E-state index contributed by atoms with van der Waals surface area (Å²) in [7, 11) is -0.603. The maximum atomic E-state index is 14.1. The van der Waals surface area contributed by atoms with Crippen LogP contribution in [0.3, 0.4) is 0 Å². The van der Waals surface area contributed by atoms with Gasteiger partial charge in [0.15, 0.2) is 0 Å². The van der Waals surface area contributed by atoms with Crippen LogP contribution in [0.25, 0.3) is 0 Å². The molecule has 1 amide bonds. The Hall–Kier alpha value is -2.58. The molecule has 3 rings (SSSR count). The van der Waals surface area contributed by atoms with Crippen molar-refractivity contribution in [2.45, 2.75) is 38.9 Å². The first-order chi connectivity index (χ1) is 12.7. The Morgan fingerprint density at radius 3 is 2.41 bits per heavy atom. The third kappa shape index (κ3) is 4.07. The smallest absolute Gasteiger partial charge is 0.399 e. The number of aromatic nitrogens is 1. The van der Waals surface area contributed by atoms with Crippen LogP contribution in [0.4, 0.5) is 4.39 Å². The molecule has 0 saturated carbocycles. The molecule has 1 N–H and O–H groups in total. The second kappa shape index (κ2) is 7.21. The van der Waals surface area contributed by atoms with Gasteiger partial charge in [0.2, 0.25) is 0 Å². The fraction of sp³-hybridized carbons (Fsp3) is 0.316. The van der Waals surface area contributed by atoms with Crippen molar-refractivity contribution in [2.75, 3.05) is 0 Å². The van der Waals surface area contributed by atoms with Crippen molar-refractivity contribution < 1.29 is 18.5 Å². The number of pyridine rings is 1. The molecule has 1 saturated heterocycles. The van der Waals surface area contributed by atoms with Crippen LogP contribution >= 0.6 is 0 Å². The molecule has 0 atom stereocenters. The lowest BCUT2D eigenvalue weighted by Crippen LogP contribution is -2.41. The summed E-state index contributed by atoms with van der Waals surface area (Å²) in [4.78, 5) is 15.8. The van der Waals surface area contributed by atoms with E-state index in [0.29, 0.717) is 11.0 Å². The van der Waals surface area contributed by atoms with E-state index in [0.717, 1.165) is 0 Å². The van der Waals surface area contributed by atoms with Gasteiger partial charge in [-0.2, -0.15) is 5.10 Å². The lowest BCUT2D eigenvalue weighted by Gasteiger charge is -2.32. The largest absolute Gasteiger partial charge is 0.494 e. The number of nitrogens with zero attached hydrogens (tertiary/aromatic N) is 2.